The number of aryl methyl sites for hydroxylation is 2. The van der Waals surface area contributed by atoms with Crippen LogP contribution in [-0.2, 0) is 4.79 Å². The summed E-state index contributed by atoms with van der Waals surface area (Å²) in [6.07, 6.45) is 0. The van der Waals surface area contributed by atoms with Gasteiger partial charge in [0.2, 0.25) is 5.91 Å². The van der Waals surface area contributed by atoms with E-state index in [4.69, 9.17) is 0 Å². The Labute approximate surface area is 138 Å². The van der Waals surface area contributed by atoms with Crippen molar-refractivity contribution in [2.24, 2.45) is 0 Å². The van der Waals surface area contributed by atoms with E-state index in [1.54, 1.807) is 17.0 Å². The second-order valence-electron chi connectivity index (χ2n) is 5.57. The summed E-state index contributed by atoms with van der Waals surface area (Å²) in [6, 6.07) is 12.5. The number of nitro groups is 1. The summed E-state index contributed by atoms with van der Waals surface area (Å²) in [7, 11) is 0. The molecule has 0 radical (unpaired) electrons. The molecule has 5 nitrogen and oxygen atoms in total. The molecule has 0 unspecified atom stereocenters. The van der Waals surface area contributed by atoms with E-state index >= 15 is 0 Å². The van der Waals surface area contributed by atoms with E-state index in [2.05, 4.69) is 0 Å². The molecule has 2 aromatic rings. The summed E-state index contributed by atoms with van der Waals surface area (Å²) in [5, 5.41) is 10.8. The monoisotopic (exact) mass is 328 g/mol. The molecule has 3 rings (SSSR count). The Kier molecular flexibility index (Phi) is 4.09. The van der Waals surface area contributed by atoms with Crippen molar-refractivity contribution in [3.8, 4) is 0 Å². The van der Waals surface area contributed by atoms with Crippen molar-refractivity contribution in [3.63, 3.8) is 0 Å². The molecular formula is C17H16N2O3S. The molecule has 1 atom stereocenters. The molecule has 1 fully saturated rings. The minimum atomic E-state index is -0.410. The Morgan fingerprint density at radius 1 is 1.22 bits per heavy atom. The molecule has 0 aliphatic carbocycles. The molecule has 1 aliphatic rings. The highest BCUT2D eigenvalue weighted by Gasteiger charge is 2.35. The number of benzene rings is 2. The van der Waals surface area contributed by atoms with Crippen molar-refractivity contribution in [2.45, 2.75) is 19.2 Å². The number of thioether (sulfide) groups is 1. The first-order valence-electron chi connectivity index (χ1n) is 7.22. The van der Waals surface area contributed by atoms with Crippen LogP contribution in [0.5, 0.6) is 0 Å². The summed E-state index contributed by atoms with van der Waals surface area (Å²) in [5.74, 6) is 0.402. The third-order valence-electron chi connectivity index (χ3n) is 3.85. The van der Waals surface area contributed by atoms with Crippen molar-refractivity contribution in [1.82, 2.24) is 0 Å². The smallest absolute Gasteiger partial charge is 0.269 e. The number of rotatable bonds is 3. The van der Waals surface area contributed by atoms with Crippen molar-refractivity contribution in [2.75, 3.05) is 10.7 Å². The third-order valence-corrected chi connectivity index (χ3v) is 5.06. The van der Waals surface area contributed by atoms with Crippen molar-refractivity contribution in [3.05, 3.63) is 69.3 Å². The first-order valence-corrected chi connectivity index (χ1v) is 8.27. The molecule has 1 heterocycles. The highest BCUT2D eigenvalue weighted by molar-refractivity contribution is 8.00. The molecule has 1 aliphatic heterocycles. The fraction of sp³-hybridized carbons (Fsp3) is 0.235. The van der Waals surface area contributed by atoms with E-state index in [0.29, 0.717) is 5.75 Å². The minimum Gasteiger partial charge on any atom is -0.295 e. The quantitative estimate of drug-likeness (QED) is 0.631. The number of carbonyl (C=O) groups is 1. The van der Waals surface area contributed by atoms with Gasteiger partial charge in [0, 0.05) is 17.8 Å². The maximum absolute atomic E-state index is 12.4. The maximum Gasteiger partial charge on any atom is 0.269 e. The van der Waals surface area contributed by atoms with E-state index in [1.807, 2.05) is 38.1 Å². The first-order chi connectivity index (χ1) is 11.0. The summed E-state index contributed by atoms with van der Waals surface area (Å²) in [5.41, 5.74) is 3.84. The number of amides is 1. The zero-order valence-corrected chi connectivity index (χ0v) is 13.7. The molecule has 0 aromatic heterocycles. The Bertz CT molecular complexity index is 791. The van der Waals surface area contributed by atoms with Crippen LogP contribution >= 0.6 is 11.8 Å². The van der Waals surface area contributed by atoms with Gasteiger partial charge < -0.3 is 0 Å². The topological polar surface area (TPSA) is 63.5 Å². The van der Waals surface area contributed by atoms with Gasteiger partial charge in [0.25, 0.3) is 5.69 Å². The molecule has 0 spiro atoms. The Hall–Kier alpha value is -2.34. The minimum absolute atomic E-state index is 0.0264. The molecule has 1 amide bonds. The van der Waals surface area contributed by atoms with E-state index in [1.165, 1.54) is 17.8 Å². The normalized spacial score (nSPS) is 17.6. The Balaban J connectivity index is 2.03. The SMILES string of the molecule is Cc1ccc(N2C(=O)CS[C@@H]2c2cccc([N+](=O)[O-])c2)c(C)c1. The van der Waals surface area contributed by atoms with E-state index in [9.17, 15) is 14.9 Å². The predicted molar refractivity (Wildman–Crippen MR) is 91.7 cm³/mol. The van der Waals surface area contributed by atoms with Gasteiger partial charge in [0.1, 0.15) is 5.37 Å². The predicted octanol–water partition coefficient (Wildman–Crippen LogP) is 3.99. The second kappa shape index (κ2) is 6.04. The third kappa shape index (κ3) is 2.94. The number of carbonyl (C=O) groups excluding carboxylic acids is 1. The average molecular weight is 328 g/mol. The van der Waals surface area contributed by atoms with Crippen LogP contribution in [0, 0.1) is 24.0 Å². The van der Waals surface area contributed by atoms with Gasteiger partial charge in [-0.1, -0.05) is 29.8 Å². The van der Waals surface area contributed by atoms with Gasteiger partial charge in [-0.2, -0.15) is 0 Å². The standard InChI is InChI=1S/C17H16N2O3S/c1-11-6-7-15(12(2)8-11)18-16(20)10-23-17(18)13-4-3-5-14(9-13)19(21)22/h3-9,17H,10H2,1-2H3/t17-/m1/s1. The molecule has 0 bridgehead atoms. The zero-order chi connectivity index (χ0) is 16.6. The van der Waals surface area contributed by atoms with Gasteiger partial charge in [-0.3, -0.25) is 19.8 Å². The van der Waals surface area contributed by atoms with Gasteiger partial charge in [0.15, 0.2) is 0 Å². The first kappa shape index (κ1) is 15.6. The summed E-state index contributed by atoms with van der Waals surface area (Å²) in [4.78, 5) is 24.7. The van der Waals surface area contributed by atoms with Crippen LogP contribution in [0.1, 0.15) is 22.1 Å². The van der Waals surface area contributed by atoms with Crippen LogP contribution in [0.4, 0.5) is 11.4 Å². The number of nitrogens with zero attached hydrogens (tertiary/aromatic N) is 2. The van der Waals surface area contributed by atoms with Crippen LogP contribution in [0.15, 0.2) is 42.5 Å². The summed E-state index contributed by atoms with van der Waals surface area (Å²) >= 11 is 1.49. The lowest BCUT2D eigenvalue weighted by atomic mass is 10.1. The summed E-state index contributed by atoms with van der Waals surface area (Å²) < 4.78 is 0. The lowest BCUT2D eigenvalue weighted by Gasteiger charge is -2.26. The molecular weight excluding hydrogens is 312 g/mol. The molecule has 118 valence electrons. The van der Waals surface area contributed by atoms with Crippen LogP contribution in [0.2, 0.25) is 0 Å². The highest BCUT2D eigenvalue weighted by atomic mass is 32.2. The highest BCUT2D eigenvalue weighted by Crippen LogP contribution is 2.43. The number of anilines is 1. The zero-order valence-electron chi connectivity index (χ0n) is 12.9. The van der Waals surface area contributed by atoms with E-state index in [-0.39, 0.29) is 17.0 Å². The Morgan fingerprint density at radius 3 is 2.70 bits per heavy atom. The largest absolute Gasteiger partial charge is 0.295 e. The van der Waals surface area contributed by atoms with Crippen molar-refractivity contribution < 1.29 is 9.72 Å². The molecule has 1 saturated heterocycles. The molecule has 0 saturated carbocycles. The average Bonchev–Trinajstić information content (AvgIpc) is 2.89. The summed E-state index contributed by atoms with van der Waals surface area (Å²) in [6.45, 7) is 3.98. The number of hydrogen-bond donors (Lipinski definition) is 0. The van der Waals surface area contributed by atoms with Gasteiger partial charge >= 0.3 is 0 Å². The van der Waals surface area contributed by atoms with E-state index in [0.717, 1.165) is 22.4 Å². The molecule has 23 heavy (non-hydrogen) atoms. The Morgan fingerprint density at radius 2 is 2.00 bits per heavy atom. The fourth-order valence-corrected chi connectivity index (χ4v) is 3.96. The number of hydrogen-bond acceptors (Lipinski definition) is 4. The van der Waals surface area contributed by atoms with Crippen LogP contribution < -0.4 is 4.90 Å². The maximum atomic E-state index is 12.4. The van der Waals surface area contributed by atoms with Crippen LogP contribution in [0.25, 0.3) is 0 Å². The number of non-ortho nitro benzene ring substituents is 1. The van der Waals surface area contributed by atoms with Crippen LogP contribution in [0.3, 0.4) is 0 Å². The van der Waals surface area contributed by atoms with Gasteiger partial charge in [-0.15, -0.1) is 11.8 Å². The van der Waals surface area contributed by atoms with Crippen molar-refractivity contribution in [1.29, 1.82) is 0 Å². The van der Waals surface area contributed by atoms with Gasteiger partial charge in [-0.25, -0.2) is 0 Å². The van der Waals surface area contributed by atoms with Gasteiger partial charge in [-0.05, 0) is 31.0 Å². The molecule has 0 N–H and O–H groups in total. The van der Waals surface area contributed by atoms with Gasteiger partial charge in [0.05, 0.1) is 10.7 Å². The number of nitro benzene ring substituents is 1. The fourth-order valence-electron chi connectivity index (χ4n) is 2.80. The second-order valence-corrected chi connectivity index (χ2v) is 6.64. The van der Waals surface area contributed by atoms with E-state index < -0.39 is 4.92 Å². The lowest BCUT2D eigenvalue weighted by Crippen LogP contribution is -2.28. The van der Waals surface area contributed by atoms with Crippen LogP contribution in [-0.4, -0.2) is 16.6 Å². The van der Waals surface area contributed by atoms with Crippen molar-refractivity contribution >= 4 is 29.0 Å². The molecule has 6 heteroatoms. The molecule has 2 aromatic carbocycles. The lowest BCUT2D eigenvalue weighted by molar-refractivity contribution is -0.384.